The number of nitrogens with zero attached hydrogens (tertiary/aromatic N) is 2. The van der Waals surface area contributed by atoms with Crippen LogP contribution in [0.5, 0.6) is 0 Å². The van der Waals surface area contributed by atoms with E-state index in [4.69, 9.17) is 0 Å². The smallest absolute Gasteiger partial charge is 0.263 e. The lowest BCUT2D eigenvalue weighted by Crippen LogP contribution is -2.11. The standard InChI is InChI=1S/C6H5BrN4O2S/c1-14(13)6-8-4-2(5(12)9-6)3(7)10-11-4/h1H3,(H2,8,9,10,11,12)/t14-/m0/s1. The van der Waals surface area contributed by atoms with Crippen LogP contribution in [0, 0.1) is 0 Å². The maximum absolute atomic E-state index is 11.5. The van der Waals surface area contributed by atoms with Crippen LogP contribution in [-0.4, -0.2) is 30.6 Å². The lowest BCUT2D eigenvalue weighted by atomic mass is 10.4. The van der Waals surface area contributed by atoms with Gasteiger partial charge in [-0.15, -0.1) is 0 Å². The second-order valence-corrected chi connectivity index (χ2v) is 4.65. The van der Waals surface area contributed by atoms with Gasteiger partial charge in [0.2, 0.25) is 5.16 Å². The summed E-state index contributed by atoms with van der Waals surface area (Å²) < 4.78 is 11.5. The number of aromatic nitrogens is 4. The second kappa shape index (κ2) is 3.28. The van der Waals surface area contributed by atoms with Gasteiger partial charge in [-0.3, -0.25) is 19.1 Å². The van der Waals surface area contributed by atoms with E-state index >= 15 is 0 Å². The SMILES string of the molecule is C[S@](=O)c1nc2n[nH]c(Br)c2c(=O)[nH]1. The van der Waals surface area contributed by atoms with Crippen molar-refractivity contribution in [3.63, 3.8) is 0 Å². The average molecular weight is 277 g/mol. The van der Waals surface area contributed by atoms with Crippen molar-refractivity contribution in [3.8, 4) is 0 Å². The van der Waals surface area contributed by atoms with E-state index in [-0.39, 0.29) is 16.4 Å². The van der Waals surface area contributed by atoms with Crippen LogP contribution in [0.15, 0.2) is 14.6 Å². The Hall–Kier alpha value is -1.02. The molecule has 0 aliphatic heterocycles. The minimum atomic E-state index is -1.32. The maximum atomic E-state index is 11.5. The number of hydrogen-bond acceptors (Lipinski definition) is 4. The summed E-state index contributed by atoms with van der Waals surface area (Å²) in [5.41, 5.74) is -0.105. The van der Waals surface area contributed by atoms with E-state index in [0.29, 0.717) is 9.99 Å². The number of fused-ring (bicyclic) bond motifs is 1. The van der Waals surface area contributed by atoms with Crippen molar-refractivity contribution in [2.45, 2.75) is 5.16 Å². The number of rotatable bonds is 1. The van der Waals surface area contributed by atoms with Crippen LogP contribution in [0.25, 0.3) is 11.0 Å². The van der Waals surface area contributed by atoms with Crippen LogP contribution in [0.3, 0.4) is 0 Å². The van der Waals surface area contributed by atoms with Crippen molar-refractivity contribution in [2.75, 3.05) is 6.26 Å². The Morgan fingerprint density at radius 3 is 2.86 bits per heavy atom. The van der Waals surface area contributed by atoms with Gasteiger partial charge < -0.3 is 0 Å². The summed E-state index contributed by atoms with van der Waals surface area (Å²) in [6.07, 6.45) is 1.44. The van der Waals surface area contributed by atoms with Gasteiger partial charge in [0.05, 0.1) is 10.8 Å². The number of nitrogens with one attached hydrogen (secondary N) is 2. The van der Waals surface area contributed by atoms with Gasteiger partial charge in [-0.05, 0) is 15.9 Å². The first-order chi connectivity index (χ1) is 6.59. The Balaban J connectivity index is 2.87. The Bertz CT molecular complexity index is 575. The highest BCUT2D eigenvalue weighted by molar-refractivity contribution is 9.10. The van der Waals surface area contributed by atoms with E-state index in [9.17, 15) is 9.00 Å². The molecule has 0 unspecified atom stereocenters. The molecular formula is C6H5BrN4O2S. The minimum Gasteiger partial charge on any atom is -0.299 e. The van der Waals surface area contributed by atoms with Crippen LogP contribution in [-0.2, 0) is 10.8 Å². The molecule has 2 aromatic rings. The topological polar surface area (TPSA) is 91.5 Å². The zero-order valence-corrected chi connectivity index (χ0v) is 9.40. The molecule has 8 heteroatoms. The first-order valence-electron chi connectivity index (χ1n) is 3.57. The number of aromatic amines is 2. The normalized spacial score (nSPS) is 13.3. The summed E-state index contributed by atoms with van der Waals surface area (Å²) in [6.45, 7) is 0. The summed E-state index contributed by atoms with van der Waals surface area (Å²) in [5.74, 6) is 0. The molecule has 2 rings (SSSR count). The van der Waals surface area contributed by atoms with Gasteiger partial charge in [0, 0.05) is 6.26 Å². The summed E-state index contributed by atoms with van der Waals surface area (Å²) in [4.78, 5) is 17.8. The highest BCUT2D eigenvalue weighted by Gasteiger charge is 2.11. The average Bonchev–Trinajstić information content (AvgIpc) is 2.48. The molecule has 0 saturated heterocycles. The molecule has 0 spiro atoms. The van der Waals surface area contributed by atoms with Crippen LogP contribution < -0.4 is 5.56 Å². The Morgan fingerprint density at radius 2 is 2.21 bits per heavy atom. The lowest BCUT2D eigenvalue weighted by Gasteiger charge is -1.93. The molecule has 0 aliphatic rings. The first-order valence-corrected chi connectivity index (χ1v) is 5.92. The van der Waals surface area contributed by atoms with E-state index in [0.717, 1.165) is 0 Å². The molecule has 2 aromatic heterocycles. The van der Waals surface area contributed by atoms with Crippen molar-refractivity contribution < 1.29 is 4.21 Å². The van der Waals surface area contributed by atoms with Gasteiger partial charge in [0.1, 0.15) is 9.99 Å². The fraction of sp³-hybridized carbons (Fsp3) is 0.167. The molecule has 74 valence electrons. The third kappa shape index (κ3) is 1.40. The van der Waals surface area contributed by atoms with Gasteiger partial charge in [-0.25, -0.2) is 0 Å². The van der Waals surface area contributed by atoms with Gasteiger partial charge >= 0.3 is 0 Å². The zero-order chi connectivity index (χ0) is 10.3. The second-order valence-electron chi connectivity index (χ2n) is 2.56. The van der Waals surface area contributed by atoms with E-state index in [1.165, 1.54) is 6.26 Å². The van der Waals surface area contributed by atoms with Crippen LogP contribution in [0.1, 0.15) is 0 Å². The fourth-order valence-electron chi connectivity index (χ4n) is 1.01. The fourth-order valence-corrected chi connectivity index (χ4v) is 1.91. The molecule has 0 fully saturated rings. The summed E-state index contributed by atoms with van der Waals surface area (Å²) in [6, 6.07) is 0. The van der Waals surface area contributed by atoms with Crippen molar-refractivity contribution in [1.82, 2.24) is 20.2 Å². The third-order valence-corrected chi connectivity index (χ3v) is 2.94. The summed E-state index contributed by atoms with van der Waals surface area (Å²) >= 11 is 3.13. The molecular weight excluding hydrogens is 272 g/mol. The predicted molar refractivity (Wildman–Crippen MR) is 54.5 cm³/mol. The molecule has 0 aromatic carbocycles. The quantitative estimate of drug-likeness (QED) is 0.725. The monoisotopic (exact) mass is 276 g/mol. The van der Waals surface area contributed by atoms with E-state index < -0.39 is 10.8 Å². The van der Waals surface area contributed by atoms with Gasteiger partial charge in [0.15, 0.2) is 5.65 Å². The Labute approximate surface area is 88.7 Å². The molecule has 2 N–H and O–H groups in total. The highest BCUT2D eigenvalue weighted by Crippen LogP contribution is 2.14. The zero-order valence-electron chi connectivity index (χ0n) is 7.00. The van der Waals surface area contributed by atoms with Crippen molar-refractivity contribution in [3.05, 3.63) is 15.0 Å². The third-order valence-electron chi connectivity index (χ3n) is 1.63. The number of halogens is 1. The molecule has 0 bridgehead atoms. The number of hydrogen-bond donors (Lipinski definition) is 2. The van der Waals surface area contributed by atoms with Crippen molar-refractivity contribution in [2.24, 2.45) is 0 Å². The lowest BCUT2D eigenvalue weighted by molar-refractivity contribution is 0.679. The van der Waals surface area contributed by atoms with Gasteiger partial charge in [-0.1, -0.05) is 0 Å². The molecule has 14 heavy (non-hydrogen) atoms. The predicted octanol–water partition coefficient (Wildman–Crippen LogP) is 0.146. The molecule has 2 heterocycles. The minimum absolute atomic E-state index is 0.126. The van der Waals surface area contributed by atoms with Gasteiger partial charge in [0.25, 0.3) is 5.56 Å². The molecule has 0 aliphatic carbocycles. The molecule has 0 amide bonds. The summed E-state index contributed by atoms with van der Waals surface area (Å²) in [5, 5.41) is 6.81. The largest absolute Gasteiger partial charge is 0.299 e. The van der Waals surface area contributed by atoms with E-state index in [1.54, 1.807) is 0 Å². The van der Waals surface area contributed by atoms with E-state index in [2.05, 4.69) is 36.1 Å². The maximum Gasteiger partial charge on any atom is 0.263 e. The van der Waals surface area contributed by atoms with Crippen LogP contribution in [0.4, 0.5) is 0 Å². The van der Waals surface area contributed by atoms with Gasteiger partial charge in [-0.2, -0.15) is 10.1 Å². The van der Waals surface area contributed by atoms with Crippen LogP contribution in [0.2, 0.25) is 0 Å². The van der Waals surface area contributed by atoms with E-state index in [1.807, 2.05) is 0 Å². The molecule has 0 radical (unpaired) electrons. The van der Waals surface area contributed by atoms with Crippen LogP contribution >= 0.6 is 15.9 Å². The first kappa shape index (κ1) is 9.53. The Kier molecular flexibility index (Phi) is 2.23. The van der Waals surface area contributed by atoms with Crippen molar-refractivity contribution >= 4 is 37.8 Å². The number of H-pyrrole nitrogens is 2. The summed E-state index contributed by atoms with van der Waals surface area (Å²) in [7, 11) is -1.32. The Morgan fingerprint density at radius 1 is 1.50 bits per heavy atom. The highest BCUT2D eigenvalue weighted by atomic mass is 79.9. The molecule has 1 atom stereocenters. The van der Waals surface area contributed by atoms with Crippen molar-refractivity contribution in [1.29, 1.82) is 0 Å². The molecule has 6 nitrogen and oxygen atoms in total. The molecule has 0 saturated carbocycles.